The van der Waals surface area contributed by atoms with Crippen LogP contribution >= 0.6 is 0 Å². The number of nitrogens with zero attached hydrogens (tertiary/aromatic N) is 3. The third-order valence-corrected chi connectivity index (χ3v) is 3.60. The highest BCUT2D eigenvalue weighted by atomic mass is 16.5. The molecule has 3 rings (SSSR count). The molecular weight excluding hydrogens is 322 g/mol. The maximum Gasteiger partial charge on any atom is 0.338 e. The summed E-state index contributed by atoms with van der Waals surface area (Å²) in [5.41, 5.74) is 0.368. The van der Waals surface area contributed by atoms with E-state index in [2.05, 4.69) is 4.98 Å². The van der Waals surface area contributed by atoms with Crippen molar-refractivity contribution in [3.8, 4) is 11.8 Å². The highest BCUT2D eigenvalue weighted by Crippen LogP contribution is 2.12. The van der Waals surface area contributed by atoms with Crippen molar-refractivity contribution in [1.29, 1.82) is 5.26 Å². The van der Waals surface area contributed by atoms with Crippen LogP contribution in [-0.2, 0) is 17.9 Å². The quantitative estimate of drug-likeness (QED) is 0.731. The topological polar surface area (TPSA) is 105 Å². The van der Waals surface area contributed by atoms with E-state index in [1.807, 2.05) is 6.07 Å². The fraction of sp³-hybridized carbons (Fsp3) is 0.111. The molecule has 0 fully saturated rings. The van der Waals surface area contributed by atoms with Crippen LogP contribution in [0.15, 0.2) is 53.3 Å². The van der Waals surface area contributed by atoms with Gasteiger partial charge in [-0.2, -0.15) is 5.26 Å². The Labute approximate surface area is 142 Å². The number of nitriles is 1. The number of rotatable bonds is 4. The Morgan fingerprint density at radius 2 is 1.92 bits per heavy atom. The molecule has 124 valence electrons. The third-order valence-electron chi connectivity index (χ3n) is 3.60. The van der Waals surface area contributed by atoms with Gasteiger partial charge in [0.05, 0.1) is 22.5 Å². The molecule has 0 bridgehead atoms. The van der Waals surface area contributed by atoms with Crippen LogP contribution in [-0.4, -0.2) is 20.6 Å². The molecule has 0 unspecified atom stereocenters. The maximum absolute atomic E-state index is 12.5. The van der Waals surface area contributed by atoms with Gasteiger partial charge in [0.15, 0.2) is 5.82 Å². The minimum atomic E-state index is -0.620. The molecule has 0 amide bonds. The zero-order valence-corrected chi connectivity index (χ0v) is 13.0. The summed E-state index contributed by atoms with van der Waals surface area (Å²) in [6.45, 7) is -0.440. The van der Waals surface area contributed by atoms with Gasteiger partial charge < -0.3 is 9.84 Å². The largest absolute Gasteiger partial charge is 0.508 e. The zero-order valence-electron chi connectivity index (χ0n) is 13.0. The summed E-state index contributed by atoms with van der Waals surface area (Å²) in [5, 5.41) is 18.6. The highest BCUT2D eigenvalue weighted by molar-refractivity contribution is 5.89. The molecule has 0 aliphatic rings. The van der Waals surface area contributed by atoms with Crippen molar-refractivity contribution in [3.05, 3.63) is 70.3 Å². The molecule has 1 heterocycles. The first-order valence-corrected chi connectivity index (χ1v) is 7.41. The number of esters is 1. The van der Waals surface area contributed by atoms with Crippen LogP contribution in [0.2, 0.25) is 0 Å². The minimum absolute atomic E-state index is 0.0376. The Morgan fingerprint density at radius 3 is 2.64 bits per heavy atom. The first kappa shape index (κ1) is 16.2. The van der Waals surface area contributed by atoms with Crippen LogP contribution in [0.1, 0.15) is 16.2 Å². The van der Waals surface area contributed by atoms with Gasteiger partial charge in [-0.25, -0.2) is 9.78 Å². The van der Waals surface area contributed by atoms with Crippen LogP contribution in [0.25, 0.3) is 10.9 Å². The van der Waals surface area contributed by atoms with E-state index in [9.17, 15) is 14.7 Å². The molecule has 0 aliphatic heterocycles. The highest BCUT2D eigenvalue weighted by Gasteiger charge is 2.13. The molecular formula is C18H13N3O4. The SMILES string of the molecule is N#CCn1c(COC(=O)c2ccc(O)cc2)nc2ccccc2c1=O. The van der Waals surface area contributed by atoms with E-state index >= 15 is 0 Å². The van der Waals surface area contributed by atoms with E-state index in [0.717, 1.165) is 0 Å². The van der Waals surface area contributed by atoms with E-state index in [1.54, 1.807) is 24.3 Å². The van der Waals surface area contributed by atoms with Crippen molar-refractivity contribution >= 4 is 16.9 Å². The number of phenolic OH excluding ortho intramolecular Hbond substituents is 1. The molecule has 0 radical (unpaired) electrons. The fourth-order valence-corrected chi connectivity index (χ4v) is 2.37. The van der Waals surface area contributed by atoms with Gasteiger partial charge in [-0.3, -0.25) is 9.36 Å². The van der Waals surface area contributed by atoms with Crippen molar-refractivity contribution < 1.29 is 14.6 Å². The Bertz CT molecular complexity index is 1030. The van der Waals surface area contributed by atoms with Crippen molar-refractivity contribution in [2.45, 2.75) is 13.2 Å². The number of carbonyl (C=O) groups is 1. The Balaban J connectivity index is 1.91. The zero-order chi connectivity index (χ0) is 17.8. The lowest BCUT2D eigenvalue weighted by Crippen LogP contribution is -2.26. The smallest absolute Gasteiger partial charge is 0.338 e. The first-order valence-electron chi connectivity index (χ1n) is 7.41. The molecule has 25 heavy (non-hydrogen) atoms. The molecule has 0 saturated heterocycles. The number of benzene rings is 2. The van der Waals surface area contributed by atoms with Crippen molar-refractivity contribution in [2.24, 2.45) is 0 Å². The van der Waals surface area contributed by atoms with Gasteiger partial charge in [-0.05, 0) is 36.4 Å². The molecule has 0 saturated carbocycles. The van der Waals surface area contributed by atoms with Gasteiger partial charge in [0.25, 0.3) is 5.56 Å². The van der Waals surface area contributed by atoms with Gasteiger partial charge in [-0.1, -0.05) is 12.1 Å². The van der Waals surface area contributed by atoms with E-state index < -0.39 is 5.97 Å². The second-order valence-electron chi connectivity index (χ2n) is 5.22. The lowest BCUT2D eigenvalue weighted by Gasteiger charge is -2.11. The summed E-state index contributed by atoms with van der Waals surface area (Å²) in [5.74, 6) is -0.390. The molecule has 2 aromatic carbocycles. The summed E-state index contributed by atoms with van der Waals surface area (Å²) < 4.78 is 6.38. The third kappa shape index (κ3) is 3.33. The fourth-order valence-electron chi connectivity index (χ4n) is 2.37. The van der Waals surface area contributed by atoms with Gasteiger partial charge >= 0.3 is 5.97 Å². The van der Waals surface area contributed by atoms with Crippen molar-refractivity contribution in [2.75, 3.05) is 0 Å². The number of fused-ring (bicyclic) bond motifs is 1. The van der Waals surface area contributed by atoms with E-state index in [1.165, 1.54) is 28.8 Å². The predicted octanol–water partition coefficient (Wildman–Crippen LogP) is 1.98. The lowest BCUT2D eigenvalue weighted by atomic mass is 10.2. The first-order chi connectivity index (χ1) is 12.1. The molecule has 0 spiro atoms. The van der Waals surface area contributed by atoms with E-state index in [4.69, 9.17) is 10.00 Å². The lowest BCUT2D eigenvalue weighted by molar-refractivity contribution is 0.0457. The second-order valence-corrected chi connectivity index (χ2v) is 5.22. The number of ether oxygens (including phenoxy) is 1. The predicted molar refractivity (Wildman–Crippen MR) is 88.8 cm³/mol. The van der Waals surface area contributed by atoms with Crippen LogP contribution < -0.4 is 5.56 Å². The molecule has 0 atom stereocenters. The molecule has 0 aliphatic carbocycles. The van der Waals surface area contributed by atoms with Crippen LogP contribution in [0.5, 0.6) is 5.75 Å². The average molecular weight is 335 g/mol. The number of hydrogen-bond acceptors (Lipinski definition) is 6. The van der Waals surface area contributed by atoms with Crippen LogP contribution in [0.3, 0.4) is 0 Å². The Morgan fingerprint density at radius 1 is 1.20 bits per heavy atom. The van der Waals surface area contributed by atoms with Gasteiger partial charge in [0.2, 0.25) is 0 Å². The monoisotopic (exact) mass is 335 g/mol. The summed E-state index contributed by atoms with van der Waals surface area (Å²) >= 11 is 0. The maximum atomic E-state index is 12.5. The summed E-state index contributed by atoms with van der Waals surface area (Å²) in [7, 11) is 0. The normalized spacial score (nSPS) is 10.4. The Kier molecular flexibility index (Phi) is 4.44. The molecule has 7 nitrogen and oxygen atoms in total. The molecule has 3 aromatic rings. The Hall–Kier alpha value is -3.66. The molecule has 7 heteroatoms. The number of hydrogen-bond donors (Lipinski definition) is 1. The minimum Gasteiger partial charge on any atom is -0.508 e. The van der Waals surface area contributed by atoms with Crippen molar-refractivity contribution in [1.82, 2.24) is 9.55 Å². The number of phenols is 1. The summed E-state index contributed by atoms with van der Waals surface area (Å²) in [6, 6.07) is 14.3. The number of para-hydroxylation sites is 1. The van der Waals surface area contributed by atoms with E-state index in [-0.39, 0.29) is 35.8 Å². The average Bonchev–Trinajstić information content (AvgIpc) is 2.63. The number of aromatic hydroxyl groups is 1. The van der Waals surface area contributed by atoms with Crippen molar-refractivity contribution in [3.63, 3.8) is 0 Å². The van der Waals surface area contributed by atoms with E-state index in [0.29, 0.717) is 10.9 Å². The summed E-state index contributed by atoms with van der Waals surface area (Å²) in [4.78, 5) is 28.9. The van der Waals surface area contributed by atoms with Gasteiger partial charge in [0, 0.05) is 0 Å². The van der Waals surface area contributed by atoms with Crippen LogP contribution in [0, 0.1) is 11.3 Å². The molecule has 1 aromatic heterocycles. The molecule has 1 N–H and O–H groups in total. The number of carbonyl (C=O) groups excluding carboxylic acids is 1. The second kappa shape index (κ2) is 6.84. The van der Waals surface area contributed by atoms with Gasteiger partial charge in [0.1, 0.15) is 18.9 Å². The standard InChI is InChI=1S/C18H13N3O4/c19-9-10-21-16(20-15-4-2-1-3-14(15)17(21)23)11-25-18(24)12-5-7-13(22)8-6-12/h1-8,22H,10-11H2. The number of aromatic nitrogens is 2. The van der Waals surface area contributed by atoms with Gasteiger partial charge in [-0.15, -0.1) is 0 Å². The van der Waals surface area contributed by atoms with Crippen LogP contribution in [0.4, 0.5) is 0 Å². The summed E-state index contributed by atoms with van der Waals surface area (Å²) in [6.07, 6.45) is 0.